The van der Waals surface area contributed by atoms with Gasteiger partial charge in [0.25, 0.3) is 0 Å². The number of morpholine rings is 1. The van der Waals surface area contributed by atoms with Crippen LogP contribution in [0.5, 0.6) is 0 Å². The molecular formula is C14H28N2O2. The minimum Gasteiger partial charge on any atom is -0.379 e. The first-order valence-electron chi connectivity index (χ1n) is 7.05. The summed E-state index contributed by atoms with van der Waals surface area (Å²) >= 11 is 0. The predicted octanol–water partition coefficient (Wildman–Crippen LogP) is 1.50. The largest absolute Gasteiger partial charge is 0.379 e. The first-order valence-corrected chi connectivity index (χ1v) is 7.05. The highest BCUT2D eigenvalue weighted by molar-refractivity contribution is 5.78. The lowest BCUT2D eigenvalue weighted by Crippen LogP contribution is -2.55. The van der Waals surface area contributed by atoms with Gasteiger partial charge in [0.15, 0.2) is 0 Å². The first-order chi connectivity index (χ1) is 8.43. The maximum absolute atomic E-state index is 11.9. The van der Waals surface area contributed by atoms with E-state index < -0.39 is 0 Å². The zero-order valence-electron chi connectivity index (χ0n) is 12.4. The summed E-state index contributed by atoms with van der Waals surface area (Å²) in [5, 5.41) is 3.19. The summed E-state index contributed by atoms with van der Waals surface area (Å²) in [6, 6.07) is 0.564. The van der Waals surface area contributed by atoms with Crippen molar-refractivity contribution in [2.24, 2.45) is 11.8 Å². The Labute approximate surface area is 111 Å². The number of carbonyl (C=O) groups excluding carboxylic acids is 1. The van der Waals surface area contributed by atoms with Crippen LogP contribution in [-0.4, -0.2) is 49.2 Å². The van der Waals surface area contributed by atoms with E-state index in [2.05, 4.69) is 31.0 Å². The van der Waals surface area contributed by atoms with Gasteiger partial charge in [-0.15, -0.1) is 0 Å². The third-order valence-corrected chi connectivity index (χ3v) is 3.69. The number of hydrogen-bond acceptors (Lipinski definition) is 3. The molecule has 1 N–H and O–H groups in total. The Morgan fingerprint density at radius 2 is 1.67 bits per heavy atom. The molecule has 106 valence electrons. The topological polar surface area (TPSA) is 41.6 Å². The van der Waals surface area contributed by atoms with E-state index in [-0.39, 0.29) is 17.9 Å². The molecule has 1 heterocycles. The maximum atomic E-state index is 11.9. The number of amides is 1. The van der Waals surface area contributed by atoms with Gasteiger partial charge in [0.1, 0.15) is 0 Å². The van der Waals surface area contributed by atoms with Crippen molar-refractivity contribution in [3.63, 3.8) is 0 Å². The number of hydrogen-bond donors (Lipinski definition) is 1. The van der Waals surface area contributed by atoms with Crippen molar-refractivity contribution in [1.29, 1.82) is 0 Å². The van der Waals surface area contributed by atoms with Gasteiger partial charge in [0.05, 0.1) is 13.2 Å². The molecule has 2 atom stereocenters. The first kappa shape index (κ1) is 15.4. The van der Waals surface area contributed by atoms with Crippen LogP contribution in [0.2, 0.25) is 0 Å². The molecule has 1 fully saturated rings. The Hall–Kier alpha value is -0.610. The van der Waals surface area contributed by atoms with Gasteiger partial charge in [-0.05, 0) is 12.8 Å². The van der Waals surface area contributed by atoms with Gasteiger partial charge in [0, 0.05) is 31.1 Å². The van der Waals surface area contributed by atoms with E-state index in [1.54, 1.807) is 0 Å². The van der Waals surface area contributed by atoms with E-state index >= 15 is 0 Å². The van der Waals surface area contributed by atoms with E-state index in [0.29, 0.717) is 12.0 Å². The summed E-state index contributed by atoms with van der Waals surface area (Å²) in [6.45, 7) is 13.9. The van der Waals surface area contributed by atoms with Crippen LogP contribution in [0.25, 0.3) is 0 Å². The Bertz CT molecular complexity index is 261. The van der Waals surface area contributed by atoms with Gasteiger partial charge in [0.2, 0.25) is 5.91 Å². The second-order valence-electron chi connectivity index (χ2n) is 5.82. The normalized spacial score (nSPS) is 21.1. The van der Waals surface area contributed by atoms with Gasteiger partial charge >= 0.3 is 0 Å². The van der Waals surface area contributed by atoms with Crippen LogP contribution in [0.3, 0.4) is 0 Å². The number of nitrogens with zero attached hydrogens (tertiary/aromatic N) is 1. The monoisotopic (exact) mass is 256 g/mol. The molecule has 0 unspecified atom stereocenters. The number of ether oxygens (including phenoxy) is 1. The van der Waals surface area contributed by atoms with Gasteiger partial charge in [-0.1, -0.05) is 27.7 Å². The molecule has 4 heteroatoms. The van der Waals surface area contributed by atoms with E-state index in [4.69, 9.17) is 4.74 Å². The molecular weight excluding hydrogens is 228 g/mol. The second kappa shape index (κ2) is 7.10. The molecule has 0 saturated carbocycles. The van der Waals surface area contributed by atoms with Gasteiger partial charge in [-0.25, -0.2) is 0 Å². The lowest BCUT2D eigenvalue weighted by atomic mass is 9.95. The average molecular weight is 256 g/mol. The zero-order chi connectivity index (χ0) is 13.7. The fourth-order valence-corrected chi connectivity index (χ4v) is 2.39. The summed E-state index contributed by atoms with van der Waals surface area (Å²) < 4.78 is 5.38. The van der Waals surface area contributed by atoms with Crippen molar-refractivity contribution >= 4 is 5.91 Å². The quantitative estimate of drug-likeness (QED) is 0.810. The summed E-state index contributed by atoms with van der Waals surface area (Å²) in [4.78, 5) is 14.3. The van der Waals surface area contributed by atoms with Crippen molar-refractivity contribution in [1.82, 2.24) is 10.2 Å². The summed E-state index contributed by atoms with van der Waals surface area (Å²) in [5.41, 5.74) is 0. The van der Waals surface area contributed by atoms with Gasteiger partial charge in [-0.3, -0.25) is 9.69 Å². The van der Waals surface area contributed by atoms with Crippen molar-refractivity contribution in [2.75, 3.05) is 26.3 Å². The van der Waals surface area contributed by atoms with Crippen LogP contribution in [0.1, 0.15) is 34.6 Å². The van der Waals surface area contributed by atoms with Crippen molar-refractivity contribution in [3.05, 3.63) is 0 Å². The van der Waals surface area contributed by atoms with Crippen LogP contribution < -0.4 is 5.32 Å². The molecule has 4 nitrogen and oxygen atoms in total. The van der Waals surface area contributed by atoms with Gasteiger partial charge in [-0.2, -0.15) is 0 Å². The molecule has 1 saturated heterocycles. The summed E-state index contributed by atoms with van der Waals surface area (Å²) in [5.74, 6) is 0.627. The third kappa shape index (κ3) is 4.25. The standard InChI is InChI=1S/C14H28N2O2/c1-10(2)13(15-14(17)11(3)4)12(5)16-6-8-18-9-7-16/h10-13H,6-9H2,1-5H3,(H,15,17)/t12-,13+/m0/s1. The van der Waals surface area contributed by atoms with Crippen LogP contribution >= 0.6 is 0 Å². The summed E-state index contributed by atoms with van der Waals surface area (Å²) in [7, 11) is 0. The van der Waals surface area contributed by atoms with E-state index in [0.717, 1.165) is 26.3 Å². The Kier molecular flexibility index (Phi) is 6.09. The molecule has 0 radical (unpaired) electrons. The molecule has 0 aromatic heterocycles. The molecule has 1 aliphatic rings. The van der Waals surface area contributed by atoms with Crippen molar-refractivity contribution in [3.8, 4) is 0 Å². The zero-order valence-corrected chi connectivity index (χ0v) is 12.4. The highest BCUT2D eigenvalue weighted by atomic mass is 16.5. The molecule has 0 spiro atoms. The molecule has 0 aromatic carbocycles. The summed E-state index contributed by atoms with van der Waals surface area (Å²) in [6.07, 6.45) is 0. The Morgan fingerprint density at radius 3 is 2.11 bits per heavy atom. The maximum Gasteiger partial charge on any atom is 0.222 e. The second-order valence-corrected chi connectivity index (χ2v) is 5.82. The van der Waals surface area contributed by atoms with Crippen LogP contribution in [0, 0.1) is 11.8 Å². The lowest BCUT2D eigenvalue weighted by molar-refractivity contribution is -0.125. The molecule has 18 heavy (non-hydrogen) atoms. The van der Waals surface area contributed by atoms with Crippen molar-refractivity contribution < 1.29 is 9.53 Å². The van der Waals surface area contributed by atoms with Crippen molar-refractivity contribution in [2.45, 2.75) is 46.7 Å². The Balaban J connectivity index is 2.62. The highest BCUT2D eigenvalue weighted by Crippen LogP contribution is 2.15. The minimum atomic E-state index is 0.0446. The fraction of sp³-hybridized carbons (Fsp3) is 0.929. The highest BCUT2D eigenvalue weighted by Gasteiger charge is 2.28. The lowest BCUT2D eigenvalue weighted by Gasteiger charge is -2.39. The number of carbonyl (C=O) groups is 1. The molecule has 1 aliphatic heterocycles. The van der Waals surface area contributed by atoms with Crippen LogP contribution in [-0.2, 0) is 9.53 Å². The molecule has 0 aromatic rings. The Morgan fingerprint density at radius 1 is 1.11 bits per heavy atom. The fourth-order valence-electron chi connectivity index (χ4n) is 2.39. The molecule has 1 rings (SSSR count). The molecule has 1 amide bonds. The van der Waals surface area contributed by atoms with E-state index in [1.807, 2.05) is 13.8 Å². The number of nitrogens with one attached hydrogen (secondary N) is 1. The van der Waals surface area contributed by atoms with E-state index in [1.165, 1.54) is 0 Å². The average Bonchev–Trinajstić information content (AvgIpc) is 2.35. The predicted molar refractivity (Wildman–Crippen MR) is 73.5 cm³/mol. The minimum absolute atomic E-state index is 0.0446. The van der Waals surface area contributed by atoms with E-state index in [9.17, 15) is 4.79 Å². The molecule has 0 aliphatic carbocycles. The van der Waals surface area contributed by atoms with Crippen LogP contribution in [0.15, 0.2) is 0 Å². The van der Waals surface area contributed by atoms with Gasteiger partial charge < -0.3 is 10.1 Å². The SMILES string of the molecule is CC(C)C(=O)N[C@H](C(C)C)[C@H](C)N1CCOCC1. The molecule has 0 bridgehead atoms. The number of rotatable bonds is 5. The smallest absolute Gasteiger partial charge is 0.222 e. The third-order valence-electron chi connectivity index (χ3n) is 3.69. The van der Waals surface area contributed by atoms with Crippen LogP contribution in [0.4, 0.5) is 0 Å².